The molecule has 0 spiro atoms. The van der Waals surface area contributed by atoms with E-state index >= 15 is 0 Å². The van der Waals surface area contributed by atoms with Crippen molar-refractivity contribution in [2.45, 2.75) is 18.7 Å². The molecule has 0 saturated carbocycles. The van der Waals surface area contributed by atoms with Crippen molar-refractivity contribution in [3.63, 3.8) is 0 Å². The number of hydrazone groups is 1. The number of fused-ring (bicyclic) bond motifs is 4. The number of rotatable bonds is 2. The Hall–Kier alpha value is -3.30. The zero-order chi connectivity index (χ0) is 20.1. The summed E-state index contributed by atoms with van der Waals surface area (Å²) in [5.74, 6) is 0.902. The summed E-state index contributed by atoms with van der Waals surface area (Å²) in [6.07, 6.45) is 0.483. The Morgan fingerprint density at radius 1 is 0.800 bits per heavy atom. The molecule has 4 heteroatoms. The molecule has 0 aliphatic carbocycles. The minimum atomic E-state index is -0.350. The van der Waals surface area contributed by atoms with Gasteiger partial charge in [-0.1, -0.05) is 84.4 Å². The van der Waals surface area contributed by atoms with Crippen LogP contribution < -0.4 is 4.74 Å². The third kappa shape index (κ3) is 2.78. The SMILES string of the molecule is Clc1ccccc1[C@H]1Oc2ccccc2[C@@H]2CC(c3ccc4ccccc4c3)=NN12. The van der Waals surface area contributed by atoms with E-state index in [0.29, 0.717) is 5.02 Å². The minimum absolute atomic E-state index is 0.123. The fourth-order valence-corrected chi connectivity index (χ4v) is 4.69. The molecule has 2 aliphatic rings. The number of hydrogen-bond acceptors (Lipinski definition) is 3. The van der Waals surface area contributed by atoms with Crippen LogP contribution in [-0.4, -0.2) is 10.7 Å². The lowest BCUT2D eigenvalue weighted by Crippen LogP contribution is -2.33. The molecular weight excluding hydrogens is 392 g/mol. The Bertz CT molecular complexity index is 1300. The van der Waals surface area contributed by atoms with Gasteiger partial charge in [0.15, 0.2) is 0 Å². The van der Waals surface area contributed by atoms with Crippen LogP contribution in [0, 0.1) is 0 Å². The summed E-state index contributed by atoms with van der Waals surface area (Å²) in [6, 6.07) is 31.2. The van der Waals surface area contributed by atoms with Gasteiger partial charge in [0, 0.05) is 22.6 Å². The number of para-hydroxylation sites is 1. The second-order valence-electron chi connectivity index (χ2n) is 7.74. The third-order valence-corrected chi connectivity index (χ3v) is 6.30. The molecule has 0 N–H and O–H groups in total. The van der Waals surface area contributed by atoms with Gasteiger partial charge in [-0.2, -0.15) is 5.10 Å². The maximum Gasteiger partial charge on any atom is 0.215 e. The van der Waals surface area contributed by atoms with Crippen LogP contribution >= 0.6 is 11.6 Å². The molecule has 2 heterocycles. The monoisotopic (exact) mass is 410 g/mol. The van der Waals surface area contributed by atoms with Gasteiger partial charge in [0.2, 0.25) is 6.23 Å². The van der Waals surface area contributed by atoms with Crippen molar-refractivity contribution in [2.24, 2.45) is 5.10 Å². The highest BCUT2D eigenvalue weighted by Crippen LogP contribution is 2.48. The van der Waals surface area contributed by atoms with Gasteiger partial charge in [0.25, 0.3) is 0 Å². The van der Waals surface area contributed by atoms with Gasteiger partial charge in [-0.05, 0) is 34.5 Å². The zero-order valence-corrected chi connectivity index (χ0v) is 17.0. The van der Waals surface area contributed by atoms with Crippen molar-refractivity contribution in [2.75, 3.05) is 0 Å². The standard InChI is InChI=1S/C26H19ClN2O/c27-22-11-5-3-9-20(22)26-29-24(21-10-4-6-12-25(21)30-26)16-23(28-29)19-14-13-17-7-1-2-8-18(17)15-19/h1-15,24,26H,16H2/t24-,26+/m0/s1. The fraction of sp³-hybridized carbons (Fsp3) is 0.115. The predicted molar refractivity (Wildman–Crippen MR) is 121 cm³/mol. The van der Waals surface area contributed by atoms with Crippen LogP contribution in [0.3, 0.4) is 0 Å². The van der Waals surface area contributed by atoms with Crippen molar-refractivity contribution in [3.8, 4) is 5.75 Å². The predicted octanol–water partition coefficient (Wildman–Crippen LogP) is 6.74. The molecule has 30 heavy (non-hydrogen) atoms. The highest BCUT2D eigenvalue weighted by Gasteiger charge is 2.41. The molecular formula is C26H19ClN2O. The van der Waals surface area contributed by atoms with E-state index in [1.54, 1.807) is 0 Å². The molecule has 0 aromatic heterocycles. The van der Waals surface area contributed by atoms with E-state index in [9.17, 15) is 0 Å². The first kappa shape index (κ1) is 17.5. The van der Waals surface area contributed by atoms with E-state index in [0.717, 1.165) is 29.0 Å². The summed E-state index contributed by atoms with van der Waals surface area (Å²) in [7, 11) is 0. The maximum absolute atomic E-state index is 6.54. The molecule has 146 valence electrons. The summed E-state index contributed by atoms with van der Waals surface area (Å²) < 4.78 is 6.40. The molecule has 6 rings (SSSR count). The molecule has 0 amide bonds. The van der Waals surface area contributed by atoms with Crippen LogP contribution in [0.25, 0.3) is 10.8 Å². The molecule has 2 aliphatic heterocycles. The van der Waals surface area contributed by atoms with E-state index in [1.807, 2.05) is 36.4 Å². The normalized spacial score (nSPS) is 19.8. The van der Waals surface area contributed by atoms with Crippen LogP contribution in [0.1, 0.15) is 35.4 Å². The summed E-state index contributed by atoms with van der Waals surface area (Å²) in [5, 5.41) is 10.3. The molecule has 0 radical (unpaired) electrons. The number of nitrogens with zero attached hydrogens (tertiary/aromatic N) is 2. The van der Waals surface area contributed by atoms with Gasteiger partial charge >= 0.3 is 0 Å². The summed E-state index contributed by atoms with van der Waals surface area (Å²) in [4.78, 5) is 0. The van der Waals surface area contributed by atoms with Crippen LogP contribution in [0.4, 0.5) is 0 Å². The van der Waals surface area contributed by atoms with Crippen LogP contribution in [0.15, 0.2) is 96.1 Å². The van der Waals surface area contributed by atoms with Crippen LogP contribution in [0.5, 0.6) is 5.75 Å². The van der Waals surface area contributed by atoms with Crippen molar-refractivity contribution in [3.05, 3.63) is 113 Å². The lowest BCUT2D eigenvalue weighted by molar-refractivity contribution is -0.0189. The summed E-state index contributed by atoms with van der Waals surface area (Å²) >= 11 is 6.54. The molecule has 2 atom stereocenters. The van der Waals surface area contributed by atoms with Gasteiger partial charge < -0.3 is 4.74 Å². The molecule has 0 unspecified atom stereocenters. The quantitative estimate of drug-likeness (QED) is 0.365. The number of benzene rings is 4. The number of hydrogen-bond donors (Lipinski definition) is 0. The molecule has 4 aromatic rings. The lowest BCUT2D eigenvalue weighted by Gasteiger charge is -2.38. The number of ether oxygens (including phenoxy) is 1. The van der Waals surface area contributed by atoms with Gasteiger partial charge in [-0.3, -0.25) is 0 Å². The zero-order valence-electron chi connectivity index (χ0n) is 16.2. The first-order chi connectivity index (χ1) is 14.8. The highest BCUT2D eigenvalue weighted by atomic mass is 35.5. The summed E-state index contributed by atoms with van der Waals surface area (Å²) in [6.45, 7) is 0. The van der Waals surface area contributed by atoms with E-state index in [1.165, 1.54) is 16.3 Å². The first-order valence-corrected chi connectivity index (χ1v) is 10.5. The van der Waals surface area contributed by atoms with Gasteiger partial charge in [0.05, 0.1) is 11.8 Å². The molecule has 0 fully saturated rings. The molecule has 0 saturated heterocycles. The van der Waals surface area contributed by atoms with Gasteiger partial charge in [0.1, 0.15) is 5.75 Å². The Morgan fingerprint density at radius 3 is 2.40 bits per heavy atom. The van der Waals surface area contributed by atoms with Gasteiger partial charge in [-0.25, -0.2) is 5.01 Å². The van der Waals surface area contributed by atoms with Crippen molar-refractivity contribution < 1.29 is 4.74 Å². The minimum Gasteiger partial charge on any atom is -0.464 e. The Kier molecular flexibility index (Phi) is 4.03. The average molecular weight is 411 g/mol. The third-order valence-electron chi connectivity index (χ3n) is 5.95. The first-order valence-electron chi connectivity index (χ1n) is 10.1. The Balaban J connectivity index is 1.47. The van der Waals surface area contributed by atoms with Crippen molar-refractivity contribution >= 4 is 28.1 Å². The van der Waals surface area contributed by atoms with E-state index in [2.05, 4.69) is 59.6 Å². The molecule has 4 aromatic carbocycles. The Morgan fingerprint density at radius 2 is 1.53 bits per heavy atom. The van der Waals surface area contributed by atoms with Crippen molar-refractivity contribution in [1.29, 1.82) is 0 Å². The average Bonchev–Trinajstić information content (AvgIpc) is 3.24. The smallest absolute Gasteiger partial charge is 0.215 e. The van der Waals surface area contributed by atoms with Crippen LogP contribution in [-0.2, 0) is 0 Å². The van der Waals surface area contributed by atoms with E-state index in [4.69, 9.17) is 21.4 Å². The second kappa shape index (κ2) is 6.89. The number of halogens is 1. The van der Waals surface area contributed by atoms with E-state index in [-0.39, 0.29) is 12.3 Å². The second-order valence-corrected chi connectivity index (χ2v) is 8.15. The Labute approximate surface area is 180 Å². The van der Waals surface area contributed by atoms with Crippen LogP contribution in [0.2, 0.25) is 5.02 Å². The highest BCUT2D eigenvalue weighted by molar-refractivity contribution is 6.31. The fourth-order valence-electron chi connectivity index (χ4n) is 4.46. The lowest BCUT2D eigenvalue weighted by atomic mass is 9.95. The maximum atomic E-state index is 6.54. The van der Waals surface area contributed by atoms with Crippen molar-refractivity contribution in [1.82, 2.24) is 5.01 Å². The topological polar surface area (TPSA) is 24.8 Å². The molecule has 3 nitrogen and oxygen atoms in total. The molecule has 0 bridgehead atoms. The van der Waals surface area contributed by atoms with Gasteiger partial charge in [-0.15, -0.1) is 0 Å². The largest absolute Gasteiger partial charge is 0.464 e. The van der Waals surface area contributed by atoms with E-state index < -0.39 is 0 Å². The summed E-state index contributed by atoms with van der Waals surface area (Å²) in [5.41, 5.74) is 4.32.